The Balaban J connectivity index is 2.26. The van der Waals surface area contributed by atoms with Crippen LogP contribution in [0.15, 0.2) is 24.3 Å². The zero-order valence-corrected chi connectivity index (χ0v) is 9.78. The first-order valence-electron chi connectivity index (χ1n) is 5.70. The maximum absolute atomic E-state index is 12.9. The average molecular weight is 223 g/mol. The van der Waals surface area contributed by atoms with Crippen molar-refractivity contribution in [2.45, 2.75) is 25.8 Å². The van der Waals surface area contributed by atoms with E-state index in [2.05, 4.69) is 18.7 Å². The van der Waals surface area contributed by atoms with E-state index < -0.39 is 0 Å². The van der Waals surface area contributed by atoms with Crippen molar-refractivity contribution in [3.63, 3.8) is 0 Å². The van der Waals surface area contributed by atoms with E-state index in [4.69, 9.17) is 0 Å². The van der Waals surface area contributed by atoms with Crippen LogP contribution in [0, 0.1) is 11.7 Å². The molecule has 2 rings (SSSR count). The molecule has 0 amide bonds. The van der Waals surface area contributed by atoms with Gasteiger partial charge in [-0.15, -0.1) is 0 Å². The molecule has 1 fully saturated rings. The van der Waals surface area contributed by atoms with E-state index in [1.54, 1.807) is 12.1 Å². The van der Waals surface area contributed by atoms with Gasteiger partial charge in [-0.05, 0) is 44.5 Å². The quantitative estimate of drug-likeness (QED) is 0.832. The standard InChI is InChI=1S/C13H18FNO/c1-13(2)10(9-16)7-8-15(13)12-5-3-11(14)4-6-12/h3-6,10,16H,7-9H2,1-2H3. The number of aliphatic hydroxyl groups is 1. The number of hydrogen-bond acceptors (Lipinski definition) is 2. The van der Waals surface area contributed by atoms with Crippen LogP contribution < -0.4 is 4.90 Å². The Morgan fingerprint density at radius 1 is 1.38 bits per heavy atom. The largest absolute Gasteiger partial charge is 0.396 e. The highest BCUT2D eigenvalue weighted by Crippen LogP contribution is 2.37. The Morgan fingerprint density at radius 2 is 2.00 bits per heavy atom. The molecule has 16 heavy (non-hydrogen) atoms. The Kier molecular flexibility index (Phi) is 2.89. The van der Waals surface area contributed by atoms with E-state index >= 15 is 0 Å². The zero-order chi connectivity index (χ0) is 11.8. The van der Waals surface area contributed by atoms with Gasteiger partial charge in [0.25, 0.3) is 0 Å². The van der Waals surface area contributed by atoms with E-state index in [1.807, 2.05) is 0 Å². The number of nitrogens with zero attached hydrogens (tertiary/aromatic N) is 1. The van der Waals surface area contributed by atoms with Gasteiger partial charge in [0.2, 0.25) is 0 Å². The third-order valence-corrected chi connectivity index (χ3v) is 3.75. The molecule has 0 radical (unpaired) electrons. The van der Waals surface area contributed by atoms with Crippen LogP contribution >= 0.6 is 0 Å². The molecule has 1 aliphatic heterocycles. The maximum atomic E-state index is 12.9. The number of anilines is 1. The average Bonchev–Trinajstić information content (AvgIpc) is 2.54. The number of aliphatic hydroxyl groups excluding tert-OH is 1. The van der Waals surface area contributed by atoms with Crippen LogP contribution in [0.25, 0.3) is 0 Å². The molecule has 1 heterocycles. The lowest BCUT2D eigenvalue weighted by Gasteiger charge is -2.37. The summed E-state index contributed by atoms with van der Waals surface area (Å²) in [6, 6.07) is 6.57. The molecule has 1 aromatic rings. The zero-order valence-electron chi connectivity index (χ0n) is 9.78. The second kappa shape index (κ2) is 4.06. The summed E-state index contributed by atoms with van der Waals surface area (Å²) in [5, 5.41) is 9.32. The Hall–Kier alpha value is -1.09. The van der Waals surface area contributed by atoms with Gasteiger partial charge >= 0.3 is 0 Å². The molecule has 0 bridgehead atoms. The minimum Gasteiger partial charge on any atom is -0.396 e. The maximum Gasteiger partial charge on any atom is 0.123 e. The number of hydrogen-bond donors (Lipinski definition) is 1. The van der Waals surface area contributed by atoms with Crippen LogP contribution in [0.5, 0.6) is 0 Å². The summed E-state index contributed by atoms with van der Waals surface area (Å²) in [4.78, 5) is 2.24. The molecule has 2 nitrogen and oxygen atoms in total. The van der Waals surface area contributed by atoms with Crippen molar-refractivity contribution in [1.82, 2.24) is 0 Å². The van der Waals surface area contributed by atoms with Gasteiger partial charge in [0.1, 0.15) is 5.82 Å². The molecule has 0 saturated carbocycles. The van der Waals surface area contributed by atoms with Crippen LogP contribution in [0.4, 0.5) is 10.1 Å². The van der Waals surface area contributed by atoms with Gasteiger partial charge in [0, 0.05) is 30.3 Å². The van der Waals surface area contributed by atoms with Crippen molar-refractivity contribution in [3.05, 3.63) is 30.1 Å². The van der Waals surface area contributed by atoms with Gasteiger partial charge in [-0.3, -0.25) is 0 Å². The van der Waals surface area contributed by atoms with Gasteiger partial charge in [-0.2, -0.15) is 0 Å². The molecular weight excluding hydrogens is 205 g/mol. The van der Waals surface area contributed by atoms with Gasteiger partial charge in [0.05, 0.1) is 0 Å². The second-order valence-electron chi connectivity index (χ2n) is 4.95. The lowest BCUT2D eigenvalue weighted by molar-refractivity contribution is 0.189. The summed E-state index contributed by atoms with van der Waals surface area (Å²) in [5.74, 6) is 0.0806. The smallest absolute Gasteiger partial charge is 0.123 e. The number of rotatable bonds is 2. The Bertz CT molecular complexity index is 361. The fourth-order valence-electron chi connectivity index (χ4n) is 2.54. The van der Waals surface area contributed by atoms with Crippen molar-refractivity contribution in [1.29, 1.82) is 0 Å². The van der Waals surface area contributed by atoms with Crippen molar-refractivity contribution < 1.29 is 9.50 Å². The lowest BCUT2D eigenvalue weighted by Crippen LogP contribution is -2.43. The first kappa shape index (κ1) is 11.4. The fourth-order valence-corrected chi connectivity index (χ4v) is 2.54. The van der Waals surface area contributed by atoms with Crippen molar-refractivity contribution in [2.75, 3.05) is 18.1 Å². The Labute approximate surface area is 95.7 Å². The van der Waals surface area contributed by atoms with E-state index in [0.717, 1.165) is 18.7 Å². The van der Waals surface area contributed by atoms with E-state index in [9.17, 15) is 9.50 Å². The summed E-state index contributed by atoms with van der Waals surface area (Å²) in [7, 11) is 0. The van der Waals surface area contributed by atoms with Gasteiger partial charge in [0.15, 0.2) is 0 Å². The van der Waals surface area contributed by atoms with Crippen molar-refractivity contribution in [3.8, 4) is 0 Å². The molecule has 1 aromatic carbocycles. The SMILES string of the molecule is CC1(C)C(CO)CCN1c1ccc(F)cc1. The molecule has 88 valence electrons. The van der Waals surface area contributed by atoms with Crippen LogP contribution in [0.1, 0.15) is 20.3 Å². The predicted molar refractivity (Wildman–Crippen MR) is 63.0 cm³/mol. The van der Waals surface area contributed by atoms with Crippen LogP contribution in [-0.4, -0.2) is 23.8 Å². The summed E-state index contributed by atoms with van der Waals surface area (Å²) in [6.07, 6.45) is 0.987. The molecule has 3 heteroatoms. The molecule has 1 N–H and O–H groups in total. The summed E-state index contributed by atoms with van der Waals surface area (Å²) >= 11 is 0. The second-order valence-corrected chi connectivity index (χ2v) is 4.95. The van der Waals surface area contributed by atoms with Gasteiger partial charge < -0.3 is 10.0 Å². The van der Waals surface area contributed by atoms with Gasteiger partial charge in [-0.25, -0.2) is 4.39 Å². The molecular formula is C13H18FNO. The first-order valence-corrected chi connectivity index (χ1v) is 5.70. The molecule has 0 spiro atoms. The minimum absolute atomic E-state index is 0.0629. The summed E-state index contributed by atoms with van der Waals surface area (Å²) in [5.41, 5.74) is 0.967. The predicted octanol–water partition coefficient (Wildman–Crippen LogP) is 2.42. The summed E-state index contributed by atoms with van der Waals surface area (Å²) in [6.45, 7) is 5.39. The number of benzene rings is 1. The highest BCUT2D eigenvalue weighted by molar-refractivity contribution is 5.50. The molecule has 1 aliphatic rings. The highest BCUT2D eigenvalue weighted by atomic mass is 19.1. The van der Waals surface area contributed by atoms with Crippen LogP contribution in [0.2, 0.25) is 0 Å². The molecule has 1 unspecified atom stereocenters. The third-order valence-electron chi connectivity index (χ3n) is 3.75. The third kappa shape index (κ3) is 1.80. The summed E-state index contributed by atoms with van der Waals surface area (Å²) < 4.78 is 12.9. The molecule has 0 aliphatic carbocycles. The first-order chi connectivity index (χ1) is 7.55. The van der Waals surface area contributed by atoms with Gasteiger partial charge in [-0.1, -0.05) is 0 Å². The molecule has 1 saturated heterocycles. The lowest BCUT2D eigenvalue weighted by atomic mass is 9.89. The molecule has 1 atom stereocenters. The minimum atomic E-state index is -0.209. The van der Waals surface area contributed by atoms with E-state index in [0.29, 0.717) is 0 Å². The number of halogens is 1. The fraction of sp³-hybridized carbons (Fsp3) is 0.538. The normalized spacial score (nSPS) is 23.8. The van der Waals surface area contributed by atoms with Crippen LogP contribution in [0.3, 0.4) is 0 Å². The van der Waals surface area contributed by atoms with Crippen LogP contribution in [-0.2, 0) is 0 Å². The van der Waals surface area contributed by atoms with Crippen molar-refractivity contribution in [2.24, 2.45) is 5.92 Å². The highest BCUT2D eigenvalue weighted by Gasteiger charge is 2.40. The molecule has 0 aromatic heterocycles. The van der Waals surface area contributed by atoms with E-state index in [1.165, 1.54) is 12.1 Å². The Morgan fingerprint density at radius 3 is 2.50 bits per heavy atom. The topological polar surface area (TPSA) is 23.5 Å². The van der Waals surface area contributed by atoms with E-state index in [-0.39, 0.29) is 23.9 Å². The monoisotopic (exact) mass is 223 g/mol. The van der Waals surface area contributed by atoms with Crippen molar-refractivity contribution >= 4 is 5.69 Å².